The summed E-state index contributed by atoms with van der Waals surface area (Å²) in [6.45, 7) is 1.16. The maximum absolute atomic E-state index is 4.11. The van der Waals surface area contributed by atoms with E-state index in [4.69, 9.17) is 0 Å². The summed E-state index contributed by atoms with van der Waals surface area (Å²) in [5.41, 5.74) is 1.10. The Balaban J connectivity index is 1.89. The molecule has 1 aromatic rings. The van der Waals surface area contributed by atoms with Crippen LogP contribution in [0, 0.1) is 0 Å². The van der Waals surface area contributed by atoms with Gasteiger partial charge in [0.2, 0.25) is 0 Å². The van der Waals surface area contributed by atoms with E-state index in [-0.39, 0.29) is 0 Å². The molecule has 0 aliphatic carbocycles. The zero-order valence-corrected chi connectivity index (χ0v) is 8.74. The van der Waals surface area contributed by atoms with Gasteiger partial charge < -0.3 is 5.32 Å². The van der Waals surface area contributed by atoms with Crippen molar-refractivity contribution in [3.05, 3.63) is 11.9 Å². The molecular weight excluding hydrogens is 176 g/mol. The third kappa shape index (κ3) is 2.54. The van der Waals surface area contributed by atoms with Crippen LogP contribution in [0.3, 0.4) is 0 Å². The second-order valence-electron chi connectivity index (χ2n) is 4.09. The number of hydrogen-bond acceptors (Lipinski definition) is 3. The predicted molar refractivity (Wildman–Crippen MR) is 55.0 cm³/mol. The minimum absolute atomic E-state index is 0.606. The fourth-order valence-corrected chi connectivity index (χ4v) is 2.02. The van der Waals surface area contributed by atoms with Gasteiger partial charge in [-0.05, 0) is 19.4 Å². The van der Waals surface area contributed by atoms with E-state index < -0.39 is 0 Å². The average molecular weight is 194 g/mol. The van der Waals surface area contributed by atoms with E-state index in [2.05, 4.69) is 15.6 Å². The highest BCUT2D eigenvalue weighted by Crippen LogP contribution is 2.11. The first-order chi connectivity index (χ1) is 6.84. The summed E-state index contributed by atoms with van der Waals surface area (Å²) >= 11 is 0. The molecule has 0 amide bonds. The molecule has 14 heavy (non-hydrogen) atoms. The van der Waals surface area contributed by atoms with E-state index in [1.807, 2.05) is 13.2 Å². The Kier molecular flexibility index (Phi) is 3.14. The van der Waals surface area contributed by atoms with E-state index in [1.54, 1.807) is 4.68 Å². The Bertz CT molecular complexity index is 273. The van der Waals surface area contributed by atoms with Gasteiger partial charge in [-0.25, -0.2) is 0 Å². The van der Waals surface area contributed by atoms with Crippen molar-refractivity contribution >= 4 is 0 Å². The van der Waals surface area contributed by atoms with Crippen LogP contribution < -0.4 is 5.32 Å². The molecule has 0 aromatic carbocycles. The average Bonchev–Trinajstić information content (AvgIpc) is 2.43. The number of aryl methyl sites for hydroxylation is 1. The molecule has 1 aliphatic heterocycles. The number of nitrogens with one attached hydrogen (secondary N) is 1. The van der Waals surface area contributed by atoms with Crippen molar-refractivity contribution in [2.75, 3.05) is 6.54 Å². The van der Waals surface area contributed by atoms with Gasteiger partial charge in [-0.15, -0.1) is 5.10 Å². The lowest BCUT2D eigenvalue weighted by atomic mass is 10.1. The quantitative estimate of drug-likeness (QED) is 0.760. The largest absolute Gasteiger partial charge is 0.314 e. The highest BCUT2D eigenvalue weighted by molar-refractivity contribution is 4.96. The van der Waals surface area contributed by atoms with Gasteiger partial charge in [0.25, 0.3) is 0 Å². The Morgan fingerprint density at radius 2 is 2.43 bits per heavy atom. The molecule has 1 saturated heterocycles. The molecule has 0 spiro atoms. The van der Waals surface area contributed by atoms with Crippen LogP contribution in [0.5, 0.6) is 0 Å². The number of nitrogens with zero attached hydrogens (tertiary/aromatic N) is 3. The van der Waals surface area contributed by atoms with Crippen LogP contribution in [-0.4, -0.2) is 27.6 Å². The first-order valence-electron chi connectivity index (χ1n) is 5.43. The minimum atomic E-state index is 0.606. The van der Waals surface area contributed by atoms with Crippen molar-refractivity contribution in [1.29, 1.82) is 0 Å². The smallest absolute Gasteiger partial charge is 0.0842 e. The third-order valence-electron chi connectivity index (χ3n) is 2.77. The van der Waals surface area contributed by atoms with E-state index in [0.29, 0.717) is 6.04 Å². The summed E-state index contributed by atoms with van der Waals surface area (Å²) < 4.78 is 1.77. The first kappa shape index (κ1) is 9.65. The second kappa shape index (κ2) is 4.55. The molecular formula is C10H18N4. The van der Waals surface area contributed by atoms with Crippen LogP contribution in [0.4, 0.5) is 0 Å². The zero-order valence-electron chi connectivity index (χ0n) is 8.74. The summed E-state index contributed by atoms with van der Waals surface area (Å²) in [5, 5.41) is 11.6. The Morgan fingerprint density at radius 3 is 3.21 bits per heavy atom. The lowest BCUT2D eigenvalue weighted by Gasteiger charge is -2.13. The molecule has 2 heterocycles. The monoisotopic (exact) mass is 194 g/mol. The molecule has 1 unspecified atom stereocenters. The van der Waals surface area contributed by atoms with Crippen LogP contribution >= 0.6 is 0 Å². The number of hydrogen-bond donors (Lipinski definition) is 1. The molecule has 1 N–H and O–H groups in total. The second-order valence-corrected chi connectivity index (χ2v) is 4.09. The van der Waals surface area contributed by atoms with Gasteiger partial charge in [-0.3, -0.25) is 4.68 Å². The summed E-state index contributed by atoms with van der Waals surface area (Å²) in [6, 6.07) is 0.606. The fourth-order valence-electron chi connectivity index (χ4n) is 2.02. The standard InChI is InChI=1S/C10H18N4/c1-14-8-10(12-13-14)7-9-5-3-2-4-6-11-9/h8-9,11H,2-7H2,1H3. The van der Waals surface area contributed by atoms with E-state index in [0.717, 1.165) is 18.7 Å². The molecule has 78 valence electrons. The minimum Gasteiger partial charge on any atom is -0.314 e. The molecule has 0 radical (unpaired) electrons. The van der Waals surface area contributed by atoms with Crippen LogP contribution in [0.1, 0.15) is 31.4 Å². The third-order valence-corrected chi connectivity index (χ3v) is 2.77. The van der Waals surface area contributed by atoms with Crippen molar-refractivity contribution in [1.82, 2.24) is 20.3 Å². The van der Waals surface area contributed by atoms with E-state index in [1.165, 1.54) is 25.7 Å². The number of rotatable bonds is 2. The van der Waals surface area contributed by atoms with Gasteiger partial charge in [0.15, 0.2) is 0 Å². The van der Waals surface area contributed by atoms with Gasteiger partial charge in [0.1, 0.15) is 0 Å². The Morgan fingerprint density at radius 1 is 1.50 bits per heavy atom. The van der Waals surface area contributed by atoms with Crippen molar-refractivity contribution in [3.8, 4) is 0 Å². The van der Waals surface area contributed by atoms with Gasteiger partial charge in [-0.1, -0.05) is 18.1 Å². The molecule has 4 heteroatoms. The SMILES string of the molecule is Cn1cc(CC2CCCCCN2)nn1. The van der Waals surface area contributed by atoms with Crippen molar-refractivity contribution in [2.24, 2.45) is 7.05 Å². The summed E-state index contributed by atoms with van der Waals surface area (Å²) in [7, 11) is 1.91. The Hall–Kier alpha value is -0.900. The summed E-state index contributed by atoms with van der Waals surface area (Å²) in [4.78, 5) is 0. The topological polar surface area (TPSA) is 42.7 Å². The van der Waals surface area contributed by atoms with Gasteiger partial charge >= 0.3 is 0 Å². The van der Waals surface area contributed by atoms with Gasteiger partial charge in [0, 0.05) is 25.7 Å². The molecule has 1 fully saturated rings. The summed E-state index contributed by atoms with van der Waals surface area (Å²) in [6.07, 6.45) is 8.33. The molecule has 0 saturated carbocycles. The Labute approximate surface area is 84.7 Å². The maximum Gasteiger partial charge on any atom is 0.0842 e. The van der Waals surface area contributed by atoms with Crippen LogP contribution in [0.15, 0.2) is 6.20 Å². The van der Waals surface area contributed by atoms with E-state index in [9.17, 15) is 0 Å². The van der Waals surface area contributed by atoms with Gasteiger partial charge in [-0.2, -0.15) is 0 Å². The van der Waals surface area contributed by atoms with Gasteiger partial charge in [0.05, 0.1) is 5.69 Å². The fraction of sp³-hybridized carbons (Fsp3) is 0.800. The van der Waals surface area contributed by atoms with Crippen molar-refractivity contribution < 1.29 is 0 Å². The molecule has 2 rings (SSSR count). The van der Waals surface area contributed by atoms with Crippen molar-refractivity contribution in [2.45, 2.75) is 38.1 Å². The molecule has 1 aliphatic rings. The lowest BCUT2D eigenvalue weighted by molar-refractivity contribution is 0.502. The zero-order chi connectivity index (χ0) is 9.80. The van der Waals surface area contributed by atoms with E-state index >= 15 is 0 Å². The molecule has 1 atom stereocenters. The first-order valence-corrected chi connectivity index (χ1v) is 5.43. The molecule has 4 nitrogen and oxygen atoms in total. The van der Waals surface area contributed by atoms with Crippen LogP contribution in [0.2, 0.25) is 0 Å². The van der Waals surface area contributed by atoms with Crippen LogP contribution in [0.25, 0.3) is 0 Å². The maximum atomic E-state index is 4.11. The highest BCUT2D eigenvalue weighted by Gasteiger charge is 2.13. The highest BCUT2D eigenvalue weighted by atomic mass is 15.4. The normalized spacial score (nSPS) is 23.4. The molecule has 1 aromatic heterocycles. The van der Waals surface area contributed by atoms with Crippen LogP contribution in [-0.2, 0) is 13.5 Å². The summed E-state index contributed by atoms with van der Waals surface area (Å²) in [5.74, 6) is 0. The molecule has 0 bridgehead atoms. The van der Waals surface area contributed by atoms with Crippen molar-refractivity contribution in [3.63, 3.8) is 0 Å². The predicted octanol–water partition coefficient (Wildman–Crippen LogP) is 0.890. The lowest BCUT2D eigenvalue weighted by Crippen LogP contribution is -2.30. The number of aromatic nitrogens is 3.